The molecule has 0 atom stereocenters. The third-order valence-corrected chi connectivity index (χ3v) is 2.86. The third-order valence-electron chi connectivity index (χ3n) is 2.86. The second-order valence-corrected chi connectivity index (χ2v) is 3.92. The fraction of sp³-hybridized carbons (Fsp3) is 0.214. The Hall–Kier alpha value is -1.87. The van der Waals surface area contributed by atoms with Gasteiger partial charge in [0, 0.05) is 24.5 Å². The van der Waals surface area contributed by atoms with E-state index in [1.165, 1.54) is 5.56 Å². The van der Waals surface area contributed by atoms with Gasteiger partial charge in [0.05, 0.1) is 7.11 Å². The highest BCUT2D eigenvalue weighted by Gasteiger charge is 2.07. The van der Waals surface area contributed by atoms with Gasteiger partial charge in [-0.2, -0.15) is 0 Å². The number of benzene rings is 1. The minimum absolute atomic E-state index is 0.487. The van der Waals surface area contributed by atoms with Crippen molar-refractivity contribution < 1.29 is 4.74 Å². The quantitative estimate of drug-likeness (QED) is 0.878. The van der Waals surface area contributed by atoms with Gasteiger partial charge in [-0.15, -0.1) is 0 Å². The summed E-state index contributed by atoms with van der Waals surface area (Å²) in [6.07, 6.45) is 3.67. The first-order valence-electron chi connectivity index (χ1n) is 5.54. The van der Waals surface area contributed by atoms with E-state index in [0.29, 0.717) is 6.54 Å². The molecule has 0 aliphatic carbocycles. The molecule has 2 aromatic rings. The second-order valence-electron chi connectivity index (χ2n) is 3.92. The monoisotopic (exact) mass is 228 g/mol. The van der Waals surface area contributed by atoms with Crippen molar-refractivity contribution in [1.82, 2.24) is 4.98 Å². The lowest BCUT2D eigenvalue weighted by Gasteiger charge is -2.11. The highest BCUT2D eigenvalue weighted by atomic mass is 16.5. The van der Waals surface area contributed by atoms with E-state index < -0.39 is 0 Å². The summed E-state index contributed by atoms with van der Waals surface area (Å²) in [5.74, 6) is 0.829. The summed E-state index contributed by atoms with van der Waals surface area (Å²) in [7, 11) is 1.66. The van der Waals surface area contributed by atoms with Gasteiger partial charge in [0.15, 0.2) is 0 Å². The zero-order chi connectivity index (χ0) is 12.3. The number of hydrogen-bond donors (Lipinski definition) is 1. The number of hydrogen-bond acceptors (Lipinski definition) is 3. The van der Waals surface area contributed by atoms with E-state index in [0.717, 1.165) is 22.4 Å². The molecule has 1 aromatic heterocycles. The van der Waals surface area contributed by atoms with Crippen LogP contribution < -0.4 is 10.5 Å². The van der Waals surface area contributed by atoms with Crippen molar-refractivity contribution in [2.45, 2.75) is 13.5 Å². The number of nitrogens with zero attached hydrogens (tertiary/aromatic N) is 1. The third kappa shape index (κ3) is 2.29. The predicted molar refractivity (Wildman–Crippen MR) is 68.9 cm³/mol. The van der Waals surface area contributed by atoms with Gasteiger partial charge in [0.25, 0.3) is 0 Å². The maximum Gasteiger partial charge on any atom is 0.119 e. The summed E-state index contributed by atoms with van der Waals surface area (Å²) >= 11 is 0. The molecule has 0 unspecified atom stereocenters. The van der Waals surface area contributed by atoms with Crippen LogP contribution in [-0.4, -0.2) is 12.1 Å². The molecule has 0 amide bonds. The lowest BCUT2D eigenvalue weighted by atomic mass is 9.97. The smallest absolute Gasteiger partial charge is 0.119 e. The Bertz CT molecular complexity index is 523. The molecule has 0 saturated heterocycles. The summed E-state index contributed by atoms with van der Waals surface area (Å²) in [6, 6.07) is 7.95. The van der Waals surface area contributed by atoms with E-state index in [1.807, 2.05) is 30.5 Å². The summed E-state index contributed by atoms with van der Waals surface area (Å²) in [6.45, 7) is 2.56. The molecule has 17 heavy (non-hydrogen) atoms. The van der Waals surface area contributed by atoms with Gasteiger partial charge in [-0.1, -0.05) is 6.07 Å². The fourth-order valence-corrected chi connectivity index (χ4v) is 1.87. The maximum atomic E-state index is 5.79. The molecule has 0 radical (unpaired) electrons. The van der Waals surface area contributed by atoms with Gasteiger partial charge < -0.3 is 10.5 Å². The molecule has 0 fully saturated rings. The average molecular weight is 228 g/mol. The summed E-state index contributed by atoms with van der Waals surface area (Å²) in [4.78, 5) is 4.17. The van der Waals surface area contributed by atoms with Crippen LogP contribution in [0.5, 0.6) is 5.75 Å². The molecule has 0 bridgehead atoms. The van der Waals surface area contributed by atoms with Gasteiger partial charge in [-0.25, -0.2) is 0 Å². The molecule has 2 N–H and O–H groups in total. The Labute approximate surface area is 101 Å². The Kier molecular flexibility index (Phi) is 3.40. The average Bonchev–Trinajstić information content (AvgIpc) is 2.38. The van der Waals surface area contributed by atoms with Crippen molar-refractivity contribution in [1.29, 1.82) is 0 Å². The molecule has 0 aliphatic heterocycles. The van der Waals surface area contributed by atoms with Crippen LogP contribution in [0, 0.1) is 6.92 Å². The zero-order valence-electron chi connectivity index (χ0n) is 10.1. The van der Waals surface area contributed by atoms with Crippen LogP contribution in [0.15, 0.2) is 36.7 Å². The maximum absolute atomic E-state index is 5.79. The number of ether oxygens (including phenoxy) is 1. The fourth-order valence-electron chi connectivity index (χ4n) is 1.87. The molecule has 2 rings (SSSR count). The van der Waals surface area contributed by atoms with Gasteiger partial charge in [0.1, 0.15) is 5.75 Å². The molecule has 0 spiro atoms. The van der Waals surface area contributed by atoms with E-state index in [9.17, 15) is 0 Å². The molecule has 0 saturated carbocycles. The Morgan fingerprint density at radius 2 is 2.06 bits per heavy atom. The summed E-state index contributed by atoms with van der Waals surface area (Å²) in [5, 5.41) is 0. The van der Waals surface area contributed by atoms with Crippen molar-refractivity contribution in [2.75, 3.05) is 7.11 Å². The minimum atomic E-state index is 0.487. The largest absolute Gasteiger partial charge is 0.497 e. The predicted octanol–water partition coefficient (Wildman–Crippen LogP) is 2.52. The van der Waals surface area contributed by atoms with Crippen LogP contribution in [0.2, 0.25) is 0 Å². The number of rotatable bonds is 3. The SMILES string of the molecule is COc1ccc(-c2cnccc2C)c(CN)c1. The van der Waals surface area contributed by atoms with E-state index in [4.69, 9.17) is 10.5 Å². The normalized spacial score (nSPS) is 10.3. The van der Waals surface area contributed by atoms with Gasteiger partial charge in [-0.05, 0) is 41.8 Å². The van der Waals surface area contributed by atoms with Crippen LogP contribution in [-0.2, 0) is 6.54 Å². The molecule has 1 heterocycles. The van der Waals surface area contributed by atoms with Gasteiger partial charge >= 0.3 is 0 Å². The minimum Gasteiger partial charge on any atom is -0.497 e. The molecule has 1 aromatic carbocycles. The van der Waals surface area contributed by atoms with E-state index in [1.54, 1.807) is 13.3 Å². The summed E-state index contributed by atoms with van der Waals surface area (Å²) in [5.41, 5.74) is 10.3. The molecule has 0 aliphatic rings. The molecule has 88 valence electrons. The first kappa shape index (κ1) is 11.6. The van der Waals surface area contributed by atoms with Crippen molar-refractivity contribution in [3.05, 3.63) is 47.8 Å². The van der Waals surface area contributed by atoms with Crippen molar-refractivity contribution in [3.63, 3.8) is 0 Å². The molecule has 3 heteroatoms. The van der Waals surface area contributed by atoms with Gasteiger partial charge in [-0.3, -0.25) is 4.98 Å². The molecular weight excluding hydrogens is 212 g/mol. The standard InChI is InChI=1S/C14H16N2O/c1-10-5-6-16-9-14(10)13-4-3-12(17-2)7-11(13)8-15/h3-7,9H,8,15H2,1-2H3. The summed E-state index contributed by atoms with van der Waals surface area (Å²) < 4.78 is 5.21. The second kappa shape index (κ2) is 4.97. The van der Waals surface area contributed by atoms with Crippen LogP contribution >= 0.6 is 0 Å². The first-order valence-corrected chi connectivity index (χ1v) is 5.54. The molecule has 3 nitrogen and oxygen atoms in total. The van der Waals surface area contributed by atoms with Crippen molar-refractivity contribution in [3.8, 4) is 16.9 Å². The van der Waals surface area contributed by atoms with E-state index in [-0.39, 0.29) is 0 Å². The number of aryl methyl sites for hydroxylation is 1. The highest BCUT2D eigenvalue weighted by molar-refractivity contribution is 5.70. The van der Waals surface area contributed by atoms with Crippen LogP contribution in [0.4, 0.5) is 0 Å². The Morgan fingerprint density at radius 3 is 2.71 bits per heavy atom. The van der Waals surface area contributed by atoms with Crippen molar-refractivity contribution >= 4 is 0 Å². The number of aromatic nitrogens is 1. The Morgan fingerprint density at radius 1 is 1.24 bits per heavy atom. The van der Waals surface area contributed by atoms with Crippen LogP contribution in [0.25, 0.3) is 11.1 Å². The first-order chi connectivity index (χ1) is 8.26. The van der Waals surface area contributed by atoms with Crippen LogP contribution in [0.3, 0.4) is 0 Å². The lowest BCUT2D eigenvalue weighted by Crippen LogP contribution is -2.00. The number of methoxy groups -OCH3 is 1. The van der Waals surface area contributed by atoms with Crippen molar-refractivity contribution in [2.24, 2.45) is 5.73 Å². The van der Waals surface area contributed by atoms with E-state index >= 15 is 0 Å². The van der Waals surface area contributed by atoms with E-state index in [2.05, 4.69) is 11.9 Å². The number of nitrogens with two attached hydrogens (primary N) is 1. The number of pyridine rings is 1. The Balaban J connectivity index is 2.56. The lowest BCUT2D eigenvalue weighted by molar-refractivity contribution is 0.414. The van der Waals surface area contributed by atoms with Crippen LogP contribution in [0.1, 0.15) is 11.1 Å². The zero-order valence-corrected chi connectivity index (χ0v) is 10.1. The highest BCUT2D eigenvalue weighted by Crippen LogP contribution is 2.28. The van der Waals surface area contributed by atoms with Gasteiger partial charge in [0.2, 0.25) is 0 Å². The topological polar surface area (TPSA) is 48.1 Å². The molecular formula is C14H16N2O.